The zero-order valence-electron chi connectivity index (χ0n) is 20.6. The van der Waals surface area contributed by atoms with E-state index in [1.54, 1.807) is 4.68 Å². The summed E-state index contributed by atoms with van der Waals surface area (Å²) in [6, 6.07) is 6.34. The van der Waals surface area contributed by atoms with E-state index in [4.69, 9.17) is 0 Å². The molecule has 0 saturated carbocycles. The molecule has 0 aromatic carbocycles. The van der Waals surface area contributed by atoms with Gasteiger partial charge in [-0.3, -0.25) is 4.68 Å². The van der Waals surface area contributed by atoms with Crippen LogP contribution in [0.1, 0.15) is 12.8 Å². The molecule has 5 aromatic heterocycles. The van der Waals surface area contributed by atoms with Crippen LogP contribution in [0.25, 0.3) is 38.8 Å². The predicted octanol–water partition coefficient (Wildman–Crippen LogP) is 4.83. The molecule has 0 amide bonds. The molecule has 2 N–H and O–H groups in total. The molecule has 1 fully saturated rings. The lowest BCUT2D eigenvalue weighted by atomic mass is 9.98. The van der Waals surface area contributed by atoms with Gasteiger partial charge in [0.2, 0.25) is 0 Å². The summed E-state index contributed by atoms with van der Waals surface area (Å²) in [6.45, 7) is 6.28. The van der Waals surface area contributed by atoms with Gasteiger partial charge in [0.05, 0.1) is 29.8 Å². The number of H-pyrrole nitrogens is 1. The normalized spacial score (nSPS) is 14.7. The summed E-state index contributed by atoms with van der Waals surface area (Å²) in [6.07, 6.45) is 16.3. The Labute approximate surface area is 205 Å². The van der Waals surface area contributed by atoms with E-state index in [0.717, 1.165) is 50.4 Å². The van der Waals surface area contributed by atoms with Crippen LogP contribution in [0, 0.1) is 5.92 Å². The molecule has 0 bridgehead atoms. The molecule has 1 aliphatic heterocycles. The highest BCUT2D eigenvalue weighted by Gasteiger charge is 2.13. The van der Waals surface area contributed by atoms with Gasteiger partial charge in [0.15, 0.2) is 0 Å². The van der Waals surface area contributed by atoms with Gasteiger partial charge in [0.25, 0.3) is 0 Å². The number of hydrogen-bond acceptors (Lipinski definition) is 5. The Morgan fingerprint density at radius 3 is 2.60 bits per heavy atom. The van der Waals surface area contributed by atoms with Crippen molar-refractivity contribution in [3.63, 3.8) is 0 Å². The highest BCUT2D eigenvalue weighted by atomic mass is 15.2. The standard InChI is InChI=1S/C19H17N7.C8H15N/c1-20-14-6-15-16(9-22-19(15)21-8-14)12-3-4-26-18(5-12)17(10-24-26)13-7-23-25(2)11-13;1-3-8-4-6-9(2)7-5-8/h3-11,20H,1-2H3,(H,21,22);3,8H,1,4-7H2,2H3. The van der Waals surface area contributed by atoms with Gasteiger partial charge in [0, 0.05) is 54.8 Å². The van der Waals surface area contributed by atoms with E-state index in [0.29, 0.717) is 0 Å². The largest absolute Gasteiger partial charge is 0.387 e. The second-order valence-electron chi connectivity index (χ2n) is 9.16. The number of piperidine rings is 1. The lowest BCUT2D eigenvalue weighted by molar-refractivity contribution is 0.244. The SMILES string of the molecule is C=CC1CCN(C)CC1.CNc1cnc2[nH]cc(-c3ccn4ncc(-c5cnn(C)c5)c4c3)c2c1. The van der Waals surface area contributed by atoms with Crippen molar-refractivity contribution in [1.29, 1.82) is 0 Å². The van der Waals surface area contributed by atoms with Crippen molar-refractivity contribution >= 4 is 22.2 Å². The number of pyridine rings is 2. The number of nitrogens with one attached hydrogen (secondary N) is 2. The van der Waals surface area contributed by atoms with E-state index >= 15 is 0 Å². The number of rotatable bonds is 4. The summed E-state index contributed by atoms with van der Waals surface area (Å²) >= 11 is 0. The first-order chi connectivity index (χ1) is 17.1. The van der Waals surface area contributed by atoms with E-state index in [9.17, 15) is 0 Å². The molecule has 8 heteroatoms. The summed E-state index contributed by atoms with van der Waals surface area (Å²) in [5, 5.41) is 13.0. The van der Waals surface area contributed by atoms with Crippen LogP contribution in [0.2, 0.25) is 0 Å². The third-order valence-electron chi connectivity index (χ3n) is 6.76. The van der Waals surface area contributed by atoms with E-state index < -0.39 is 0 Å². The maximum absolute atomic E-state index is 4.47. The Balaban J connectivity index is 0.000000239. The first kappa shape index (κ1) is 22.9. The van der Waals surface area contributed by atoms with Gasteiger partial charge < -0.3 is 15.2 Å². The molecule has 0 unspecified atom stereocenters. The lowest BCUT2D eigenvalue weighted by Crippen LogP contribution is -2.29. The van der Waals surface area contributed by atoms with Crippen LogP contribution in [0.5, 0.6) is 0 Å². The third-order valence-corrected chi connectivity index (χ3v) is 6.76. The number of likely N-dealkylation sites (tertiary alicyclic amines) is 1. The van der Waals surface area contributed by atoms with Crippen molar-refractivity contribution < 1.29 is 0 Å². The number of aryl methyl sites for hydroxylation is 1. The summed E-state index contributed by atoms with van der Waals surface area (Å²) < 4.78 is 3.69. The van der Waals surface area contributed by atoms with Crippen LogP contribution in [-0.2, 0) is 7.05 Å². The number of nitrogens with zero attached hydrogens (tertiary/aromatic N) is 6. The lowest BCUT2D eigenvalue weighted by Gasteiger charge is -2.26. The number of aromatic nitrogens is 6. The van der Waals surface area contributed by atoms with Crippen molar-refractivity contribution in [2.75, 3.05) is 32.5 Å². The van der Waals surface area contributed by atoms with Crippen molar-refractivity contribution in [3.8, 4) is 22.3 Å². The van der Waals surface area contributed by atoms with Gasteiger partial charge >= 0.3 is 0 Å². The van der Waals surface area contributed by atoms with Crippen LogP contribution >= 0.6 is 0 Å². The minimum Gasteiger partial charge on any atom is -0.387 e. The number of allylic oxidation sites excluding steroid dienone is 1. The number of anilines is 1. The van der Waals surface area contributed by atoms with Gasteiger partial charge in [-0.25, -0.2) is 9.50 Å². The van der Waals surface area contributed by atoms with Crippen LogP contribution in [0.3, 0.4) is 0 Å². The fraction of sp³-hybridized carbons (Fsp3) is 0.296. The number of aromatic amines is 1. The van der Waals surface area contributed by atoms with Gasteiger partial charge in [-0.1, -0.05) is 6.08 Å². The molecule has 180 valence electrons. The highest BCUT2D eigenvalue weighted by Crippen LogP contribution is 2.32. The first-order valence-corrected chi connectivity index (χ1v) is 12.0. The maximum Gasteiger partial charge on any atom is 0.138 e. The molecule has 8 nitrogen and oxygen atoms in total. The smallest absolute Gasteiger partial charge is 0.138 e. The number of fused-ring (bicyclic) bond motifs is 2. The van der Waals surface area contributed by atoms with Crippen LogP contribution < -0.4 is 5.32 Å². The third kappa shape index (κ3) is 4.70. The average Bonchev–Trinajstić information content (AvgIpc) is 3.62. The molecule has 1 aliphatic rings. The highest BCUT2D eigenvalue weighted by molar-refractivity contribution is 5.96. The molecule has 6 rings (SSSR count). The summed E-state index contributed by atoms with van der Waals surface area (Å²) in [4.78, 5) is 10.1. The molecule has 6 heterocycles. The van der Waals surface area contributed by atoms with Crippen molar-refractivity contribution in [3.05, 3.63) is 68.0 Å². The predicted molar refractivity (Wildman–Crippen MR) is 142 cm³/mol. The van der Waals surface area contributed by atoms with Gasteiger partial charge in [-0.05, 0) is 62.7 Å². The van der Waals surface area contributed by atoms with Crippen LogP contribution in [0.4, 0.5) is 5.69 Å². The molecular weight excluding hydrogens is 436 g/mol. The Morgan fingerprint density at radius 2 is 1.89 bits per heavy atom. The van der Waals surface area contributed by atoms with E-state index in [1.165, 1.54) is 25.9 Å². The average molecular weight is 469 g/mol. The molecule has 0 aliphatic carbocycles. The molecular formula is C27H32N8. The second-order valence-corrected chi connectivity index (χ2v) is 9.16. The van der Waals surface area contributed by atoms with Crippen LogP contribution in [-0.4, -0.2) is 61.4 Å². The zero-order chi connectivity index (χ0) is 24.4. The molecule has 0 spiro atoms. The summed E-state index contributed by atoms with van der Waals surface area (Å²) in [5.74, 6) is 0.793. The van der Waals surface area contributed by atoms with Crippen molar-refractivity contribution in [2.24, 2.45) is 13.0 Å². The van der Waals surface area contributed by atoms with E-state index in [2.05, 4.69) is 68.3 Å². The summed E-state index contributed by atoms with van der Waals surface area (Å²) in [7, 11) is 5.99. The van der Waals surface area contributed by atoms with E-state index in [-0.39, 0.29) is 0 Å². The quantitative estimate of drug-likeness (QED) is 0.369. The van der Waals surface area contributed by atoms with Gasteiger partial charge in [-0.2, -0.15) is 10.2 Å². The Kier molecular flexibility index (Phi) is 6.37. The van der Waals surface area contributed by atoms with Gasteiger partial charge in [-0.15, -0.1) is 6.58 Å². The first-order valence-electron chi connectivity index (χ1n) is 12.0. The minimum atomic E-state index is 0.793. The maximum atomic E-state index is 4.47. The monoisotopic (exact) mass is 468 g/mol. The fourth-order valence-electron chi connectivity index (χ4n) is 4.57. The Bertz CT molecular complexity index is 1450. The molecule has 0 atom stereocenters. The Morgan fingerprint density at radius 1 is 1.06 bits per heavy atom. The molecule has 5 aromatic rings. The second kappa shape index (κ2) is 9.76. The topological polar surface area (TPSA) is 79.1 Å². The minimum absolute atomic E-state index is 0.793. The Hall–Kier alpha value is -3.91. The molecule has 35 heavy (non-hydrogen) atoms. The fourth-order valence-corrected chi connectivity index (χ4v) is 4.57. The van der Waals surface area contributed by atoms with Crippen molar-refractivity contribution in [2.45, 2.75) is 12.8 Å². The van der Waals surface area contributed by atoms with Crippen molar-refractivity contribution in [1.82, 2.24) is 34.3 Å². The summed E-state index contributed by atoms with van der Waals surface area (Å²) in [5.41, 5.74) is 7.25. The van der Waals surface area contributed by atoms with Gasteiger partial charge in [0.1, 0.15) is 5.65 Å². The zero-order valence-corrected chi connectivity index (χ0v) is 20.6. The van der Waals surface area contributed by atoms with Crippen LogP contribution in [0.15, 0.2) is 68.0 Å². The molecule has 1 saturated heterocycles. The van der Waals surface area contributed by atoms with E-state index in [1.807, 2.05) is 55.8 Å². The number of hydrogen-bond donors (Lipinski definition) is 2. The molecule has 0 radical (unpaired) electrons.